The van der Waals surface area contributed by atoms with Crippen molar-refractivity contribution in [2.45, 2.75) is 5.75 Å². The fourth-order valence-electron chi connectivity index (χ4n) is 1.25. The summed E-state index contributed by atoms with van der Waals surface area (Å²) in [6, 6.07) is 9.23. The number of aromatic nitrogens is 4. The van der Waals surface area contributed by atoms with Crippen molar-refractivity contribution in [3.8, 4) is 11.4 Å². The molecule has 88 valence electrons. The van der Waals surface area contributed by atoms with Crippen LogP contribution in [-0.2, 0) is 15.6 Å². The fraction of sp³-hybridized carbons (Fsp3) is 0.200. The number of benzene rings is 1. The Morgan fingerprint density at radius 2 is 1.59 bits per heavy atom. The zero-order valence-electron chi connectivity index (χ0n) is 9.11. The molecule has 0 radical (unpaired) electrons. The van der Waals surface area contributed by atoms with E-state index in [1.165, 1.54) is 0 Å². The van der Waals surface area contributed by atoms with E-state index in [4.69, 9.17) is 0 Å². The maximum absolute atomic E-state index is 11.0. The highest BCUT2D eigenvalue weighted by Gasteiger charge is 2.09. The highest BCUT2D eigenvalue weighted by molar-refractivity contribution is 7.89. The second-order valence-electron chi connectivity index (χ2n) is 3.58. The monoisotopic (exact) mass is 250 g/mol. The van der Waals surface area contributed by atoms with E-state index in [0.717, 1.165) is 11.8 Å². The van der Waals surface area contributed by atoms with Gasteiger partial charge in [-0.25, -0.2) is 8.42 Å². The number of hydrogen-bond donors (Lipinski definition) is 0. The summed E-state index contributed by atoms with van der Waals surface area (Å²) in [5, 5.41) is 15.2. The molecule has 0 N–H and O–H groups in total. The molecular formula is C10H10N4O2S. The Morgan fingerprint density at radius 3 is 2.12 bits per heavy atom. The van der Waals surface area contributed by atoms with Crippen molar-refractivity contribution in [2.75, 3.05) is 6.26 Å². The molecule has 1 heterocycles. The third-order valence-electron chi connectivity index (χ3n) is 1.94. The Kier molecular flexibility index (Phi) is 3.10. The quantitative estimate of drug-likeness (QED) is 0.787. The van der Waals surface area contributed by atoms with Crippen molar-refractivity contribution in [3.63, 3.8) is 0 Å². The van der Waals surface area contributed by atoms with Gasteiger partial charge in [-0.05, 0) is 0 Å². The van der Waals surface area contributed by atoms with Gasteiger partial charge in [0.2, 0.25) is 5.82 Å². The molecule has 0 saturated carbocycles. The average molecular weight is 250 g/mol. The first-order valence-corrected chi connectivity index (χ1v) is 6.90. The summed E-state index contributed by atoms with van der Waals surface area (Å²) in [6.45, 7) is 0. The predicted molar refractivity (Wildman–Crippen MR) is 61.6 cm³/mol. The van der Waals surface area contributed by atoms with Crippen LogP contribution < -0.4 is 0 Å². The first-order chi connectivity index (χ1) is 8.04. The lowest BCUT2D eigenvalue weighted by Crippen LogP contribution is -2.08. The van der Waals surface area contributed by atoms with Crippen molar-refractivity contribution in [3.05, 3.63) is 36.2 Å². The van der Waals surface area contributed by atoms with Gasteiger partial charge in [0.05, 0.1) is 0 Å². The van der Waals surface area contributed by atoms with Crippen LogP contribution in [0, 0.1) is 0 Å². The van der Waals surface area contributed by atoms with Crippen LogP contribution in [0.4, 0.5) is 0 Å². The summed E-state index contributed by atoms with van der Waals surface area (Å²) < 4.78 is 22.0. The van der Waals surface area contributed by atoms with Gasteiger partial charge in [-0.1, -0.05) is 30.3 Å². The lowest BCUT2D eigenvalue weighted by molar-refractivity contribution is 0.598. The zero-order chi connectivity index (χ0) is 12.3. The molecule has 0 aliphatic rings. The number of rotatable bonds is 3. The largest absolute Gasteiger partial charge is 0.229 e. The molecule has 7 heteroatoms. The Morgan fingerprint density at radius 1 is 1.00 bits per heavy atom. The predicted octanol–water partition coefficient (Wildman–Crippen LogP) is 0.478. The van der Waals surface area contributed by atoms with Gasteiger partial charge in [0.15, 0.2) is 15.7 Å². The standard InChI is InChI=1S/C10H10N4O2S/c1-17(15,16)7-9-11-13-10(14-12-9)8-5-3-2-4-6-8/h2-6H,7H2,1H3. The van der Waals surface area contributed by atoms with Crippen LogP contribution in [0.2, 0.25) is 0 Å². The van der Waals surface area contributed by atoms with Crippen LogP contribution in [0.15, 0.2) is 30.3 Å². The van der Waals surface area contributed by atoms with Crippen molar-refractivity contribution in [1.82, 2.24) is 20.4 Å². The molecular weight excluding hydrogens is 240 g/mol. The van der Waals surface area contributed by atoms with Crippen molar-refractivity contribution >= 4 is 9.84 Å². The van der Waals surface area contributed by atoms with Gasteiger partial charge in [-0.3, -0.25) is 0 Å². The minimum atomic E-state index is -3.16. The Bertz CT molecular complexity index is 596. The average Bonchev–Trinajstić information content (AvgIpc) is 2.29. The summed E-state index contributed by atoms with van der Waals surface area (Å²) in [5.41, 5.74) is 0.790. The third kappa shape index (κ3) is 3.28. The van der Waals surface area contributed by atoms with Crippen LogP contribution in [0.25, 0.3) is 11.4 Å². The van der Waals surface area contributed by atoms with Crippen LogP contribution >= 0.6 is 0 Å². The van der Waals surface area contributed by atoms with Crippen LogP contribution in [-0.4, -0.2) is 35.1 Å². The smallest absolute Gasteiger partial charge is 0.203 e. The minimum absolute atomic E-state index is 0.104. The van der Waals surface area contributed by atoms with Gasteiger partial charge in [0.1, 0.15) is 5.75 Å². The van der Waals surface area contributed by atoms with Crippen molar-refractivity contribution in [1.29, 1.82) is 0 Å². The molecule has 17 heavy (non-hydrogen) atoms. The molecule has 0 amide bonds. The van der Waals surface area contributed by atoms with Gasteiger partial charge in [-0.15, -0.1) is 20.4 Å². The van der Waals surface area contributed by atoms with Crippen LogP contribution in [0.3, 0.4) is 0 Å². The summed E-state index contributed by atoms with van der Waals surface area (Å²) in [4.78, 5) is 0. The normalized spacial score (nSPS) is 11.4. The Hall–Kier alpha value is -1.89. The second kappa shape index (κ2) is 4.54. The molecule has 0 fully saturated rings. The molecule has 2 rings (SSSR count). The van der Waals surface area contributed by atoms with Gasteiger partial charge < -0.3 is 0 Å². The van der Waals surface area contributed by atoms with E-state index in [9.17, 15) is 8.42 Å². The number of nitrogens with zero attached hydrogens (tertiary/aromatic N) is 4. The van der Waals surface area contributed by atoms with E-state index in [2.05, 4.69) is 20.4 Å². The fourth-order valence-corrected chi connectivity index (χ4v) is 1.83. The molecule has 0 aliphatic heterocycles. The van der Waals surface area contributed by atoms with Crippen molar-refractivity contribution < 1.29 is 8.42 Å². The highest BCUT2D eigenvalue weighted by atomic mass is 32.2. The number of hydrogen-bond acceptors (Lipinski definition) is 6. The first kappa shape index (κ1) is 11.6. The van der Waals surface area contributed by atoms with Gasteiger partial charge in [0, 0.05) is 11.8 Å². The summed E-state index contributed by atoms with van der Waals surface area (Å²) >= 11 is 0. The Labute approximate surface area is 98.7 Å². The second-order valence-corrected chi connectivity index (χ2v) is 5.72. The molecule has 0 unspecified atom stereocenters. The molecule has 0 saturated heterocycles. The van der Waals surface area contributed by atoms with Crippen molar-refractivity contribution in [2.24, 2.45) is 0 Å². The minimum Gasteiger partial charge on any atom is -0.229 e. The lowest BCUT2D eigenvalue weighted by atomic mass is 10.2. The molecule has 0 aliphatic carbocycles. The molecule has 0 atom stereocenters. The molecule has 2 aromatic rings. The van der Waals surface area contributed by atoms with E-state index in [0.29, 0.717) is 5.82 Å². The third-order valence-corrected chi connectivity index (χ3v) is 2.73. The van der Waals surface area contributed by atoms with Gasteiger partial charge >= 0.3 is 0 Å². The summed E-state index contributed by atoms with van der Waals surface area (Å²) in [6.07, 6.45) is 1.11. The molecule has 1 aromatic heterocycles. The van der Waals surface area contributed by atoms with Gasteiger partial charge in [-0.2, -0.15) is 0 Å². The summed E-state index contributed by atoms with van der Waals surface area (Å²) in [7, 11) is -3.16. The van der Waals surface area contributed by atoms with E-state index < -0.39 is 9.84 Å². The maximum atomic E-state index is 11.0. The SMILES string of the molecule is CS(=O)(=O)Cc1nnc(-c2ccccc2)nn1. The maximum Gasteiger partial charge on any atom is 0.203 e. The first-order valence-electron chi connectivity index (χ1n) is 4.84. The van der Waals surface area contributed by atoms with E-state index in [-0.39, 0.29) is 11.6 Å². The molecule has 6 nitrogen and oxygen atoms in total. The summed E-state index contributed by atoms with van der Waals surface area (Å²) in [5.74, 6) is 0.234. The zero-order valence-corrected chi connectivity index (χ0v) is 9.92. The van der Waals surface area contributed by atoms with Gasteiger partial charge in [0.25, 0.3) is 0 Å². The van der Waals surface area contributed by atoms with E-state index in [1.807, 2.05) is 30.3 Å². The Balaban J connectivity index is 2.25. The highest BCUT2D eigenvalue weighted by Crippen LogP contribution is 2.11. The van der Waals surface area contributed by atoms with E-state index >= 15 is 0 Å². The van der Waals surface area contributed by atoms with Crippen LogP contribution in [0.1, 0.15) is 5.82 Å². The molecule has 0 bridgehead atoms. The van der Waals surface area contributed by atoms with Crippen LogP contribution in [0.5, 0.6) is 0 Å². The molecule has 0 spiro atoms. The van der Waals surface area contributed by atoms with E-state index in [1.54, 1.807) is 0 Å². The molecule has 1 aromatic carbocycles. The number of sulfone groups is 1. The topological polar surface area (TPSA) is 85.7 Å². The lowest BCUT2D eigenvalue weighted by Gasteiger charge is -1.99.